The van der Waals surface area contributed by atoms with E-state index in [0.717, 1.165) is 15.8 Å². The van der Waals surface area contributed by atoms with E-state index >= 15 is 0 Å². The normalized spacial score (nSPS) is 10.2. The van der Waals surface area contributed by atoms with Gasteiger partial charge >= 0.3 is 0 Å². The maximum absolute atomic E-state index is 9.34. The lowest BCUT2D eigenvalue weighted by Gasteiger charge is -2.09. The van der Waals surface area contributed by atoms with Crippen molar-refractivity contribution in [2.24, 2.45) is 0 Å². The van der Waals surface area contributed by atoms with Crippen LogP contribution in [0.5, 0.6) is 11.5 Å². The first kappa shape index (κ1) is 12.0. The van der Waals surface area contributed by atoms with Gasteiger partial charge in [0.2, 0.25) is 0 Å². The van der Waals surface area contributed by atoms with Crippen LogP contribution in [0.3, 0.4) is 0 Å². The number of aromatic hydroxyl groups is 1. The molecule has 0 radical (unpaired) electrons. The smallest absolute Gasteiger partial charge is 0.134 e. The molecule has 0 aliphatic carbocycles. The molecule has 0 unspecified atom stereocenters. The van der Waals surface area contributed by atoms with Gasteiger partial charge in [-0.3, -0.25) is 0 Å². The zero-order chi connectivity index (χ0) is 12.3. The lowest BCUT2D eigenvalue weighted by molar-refractivity contribution is 0.303. The molecule has 2 aromatic carbocycles. The molecule has 1 N–H and O–H groups in total. The van der Waals surface area contributed by atoms with E-state index in [1.54, 1.807) is 18.2 Å². The maximum atomic E-state index is 9.34. The maximum Gasteiger partial charge on any atom is 0.134 e. The Bertz CT molecular complexity index is 523. The van der Waals surface area contributed by atoms with Gasteiger partial charge in [-0.15, -0.1) is 0 Å². The van der Waals surface area contributed by atoms with Crippen LogP contribution in [0, 0.1) is 6.92 Å². The van der Waals surface area contributed by atoms with Crippen molar-refractivity contribution in [1.82, 2.24) is 0 Å². The van der Waals surface area contributed by atoms with E-state index in [2.05, 4.69) is 15.9 Å². The van der Waals surface area contributed by atoms with Crippen molar-refractivity contribution in [2.45, 2.75) is 13.5 Å². The summed E-state index contributed by atoms with van der Waals surface area (Å²) in [5.74, 6) is 1.06. The first-order valence-electron chi connectivity index (χ1n) is 5.32. The Morgan fingerprint density at radius 2 is 2.00 bits per heavy atom. The number of phenols is 1. The van der Waals surface area contributed by atoms with Crippen LogP contribution in [0.1, 0.15) is 11.1 Å². The highest BCUT2D eigenvalue weighted by Gasteiger charge is 2.02. The van der Waals surface area contributed by atoms with Crippen LogP contribution in [0.15, 0.2) is 46.9 Å². The molecule has 2 aromatic rings. The van der Waals surface area contributed by atoms with E-state index in [-0.39, 0.29) is 5.75 Å². The second kappa shape index (κ2) is 5.23. The molecule has 0 fully saturated rings. The highest BCUT2D eigenvalue weighted by Crippen LogP contribution is 2.26. The molecule has 0 aromatic heterocycles. The van der Waals surface area contributed by atoms with Gasteiger partial charge < -0.3 is 9.84 Å². The Morgan fingerprint density at radius 3 is 2.71 bits per heavy atom. The van der Waals surface area contributed by atoms with Crippen molar-refractivity contribution in [3.8, 4) is 11.5 Å². The second-order valence-corrected chi connectivity index (χ2v) is 4.75. The van der Waals surface area contributed by atoms with Gasteiger partial charge in [-0.25, -0.2) is 0 Å². The summed E-state index contributed by atoms with van der Waals surface area (Å²) < 4.78 is 6.62. The molecule has 0 saturated heterocycles. The average Bonchev–Trinajstić information content (AvgIpc) is 2.28. The lowest BCUT2D eigenvalue weighted by atomic mass is 10.2. The summed E-state index contributed by atoms with van der Waals surface area (Å²) >= 11 is 3.46. The average molecular weight is 293 g/mol. The van der Waals surface area contributed by atoms with Crippen molar-refractivity contribution in [1.29, 1.82) is 0 Å². The Kier molecular flexibility index (Phi) is 3.69. The third-order valence-corrected chi connectivity index (χ3v) is 3.01. The molecule has 2 rings (SSSR count). The van der Waals surface area contributed by atoms with Crippen LogP contribution < -0.4 is 4.74 Å². The van der Waals surface area contributed by atoms with Crippen LogP contribution in [0.25, 0.3) is 0 Å². The molecular formula is C14H13BrO2. The van der Waals surface area contributed by atoms with Gasteiger partial charge in [-0.05, 0) is 58.2 Å². The fourth-order valence-corrected chi connectivity index (χ4v) is 2.14. The van der Waals surface area contributed by atoms with E-state index < -0.39 is 0 Å². The van der Waals surface area contributed by atoms with Crippen LogP contribution in [-0.2, 0) is 6.61 Å². The van der Waals surface area contributed by atoms with Gasteiger partial charge in [-0.1, -0.05) is 18.2 Å². The summed E-state index contributed by atoms with van der Waals surface area (Å²) in [4.78, 5) is 0. The number of hydrogen-bond donors (Lipinski definition) is 1. The van der Waals surface area contributed by atoms with Crippen LogP contribution >= 0.6 is 15.9 Å². The predicted octanol–water partition coefficient (Wildman–Crippen LogP) is 4.04. The summed E-state index contributed by atoms with van der Waals surface area (Å²) in [5.41, 5.74) is 2.12. The molecule has 0 amide bonds. The summed E-state index contributed by atoms with van der Waals surface area (Å²) in [6, 6.07) is 13.0. The van der Waals surface area contributed by atoms with Gasteiger partial charge in [-0.2, -0.15) is 0 Å². The minimum Gasteiger partial charge on any atom is -0.508 e. The number of hydrogen-bond acceptors (Lipinski definition) is 2. The molecule has 0 spiro atoms. The van der Waals surface area contributed by atoms with Crippen LogP contribution in [0.2, 0.25) is 0 Å². The number of rotatable bonds is 3. The number of ether oxygens (including phenoxy) is 1. The lowest BCUT2D eigenvalue weighted by Crippen LogP contribution is -1.95. The highest BCUT2D eigenvalue weighted by molar-refractivity contribution is 9.10. The zero-order valence-electron chi connectivity index (χ0n) is 9.48. The van der Waals surface area contributed by atoms with Gasteiger partial charge in [0.25, 0.3) is 0 Å². The molecule has 88 valence electrons. The van der Waals surface area contributed by atoms with E-state index in [0.29, 0.717) is 6.61 Å². The largest absolute Gasteiger partial charge is 0.508 e. The summed E-state index contributed by atoms with van der Waals surface area (Å²) in [5, 5.41) is 9.34. The number of phenolic OH excluding ortho intramolecular Hbond substituents is 1. The number of halogens is 1. The SMILES string of the molecule is Cc1ccc(OCc2cccc(O)c2)c(Br)c1. The minimum absolute atomic E-state index is 0.258. The van der Waals surface area contributed by atoms with Crippen molar-refractivity contribution < 1.29 is 9.84 Å². The van der Waals surface area contributed by atoms with E-state index in [9.17, 15) is 5.11 Å². The molecule has 0 bridgehead atoms. The van der Waals surface area contributed by atoms with Crippen molar-refractivity contribution >= 4 is 15.9 Å². The van der Waals surface area contributed by atoms with Crippen molar-refractivity contribution in [3.63, 3.8) is 0 Å². The molecule has 0 aliphatic rings. The Balaban J connectivity index is 2.07. The zero-order valence-corrected chi connectivity index (χ0v) is 11.1. The molecule has 0 atom stereocenters. The van der Waals surface area contributed by atoms with Crippen molar-refractivity contribution in [2.75, 3.05) is 0 Å². The van der Waals surface area contributed by atoms with Crippen LogP contribution in [-0.4, -0.2) is 5.11 Å². The Labute approximate surface area is 109 Å². The third kappa shape index (κ3) is 3.24. The molecule has 2 nitrogen and oxygen atoms in total. The van der Waals surface area contributed by atoms with Gasteiger partial charge in [0.05, 0.1) is 4.47 Å². The second-order valence-electron chi connectivity index (χ2n) is 3.89. The number of benzene rings is 2. The molecule has 0 aliphatic heterocycles. The third-order valence-electron chi connectivity index (χ3n) is 2.39. The van der Waals surface area contributed by atoms with Crippen LogP contribution in [0.4, 0.5) is 0 Å². The fraction of sp³-hybridized carbons (Fsp3) is 0.143. The van der Waals surface area contributed by atoms with Gasteiger partial charge in [0, 0.05) is 0 Å². The van der Waals surface area contributed by atoms with E-state index in [1.165, 1.54) is 5.56 Å². The van der Waals surface area contributed by atoms with Gasteiger partial charge in [0.1, 0.15) is 18.1 Å². The topological polar surface area (TPSA) is 29.5 Å². The molecule has 0 saturated carbocycles. The van der Waals surface area contributed by atoms with Crippen molar-refractivity contribution in [3.05, 3.63) is 58.1 Å². The summed E-state index contributed by atoms with van der Waals surface area (Å²) in [6.45, 7) is 2.47. The Morgan fingerprint density at radius 1 is 1.18 bits per heavy atom. The molecular weight excluding hydrogens is 280 g/mol. The number of aryl methyl sites for hydroxylation is 1. The van der Waals surface area contributed by atoms with Gasteiger partial charge in [0.15, 0.2) is 0 Å². The highest BCUT2D eigenvalue weighted by atomic mass is 79.9. The summed E-state index contributed by atoms with van der Waals surface area (Å²) in [6.07, 6.45) is 0. The molecule has 17 heavy (non-hydrogen) atoms. The predicted molar refractivity (Wildman–Crippen MR) is 71.3 cm³/mol. The fourth-order valence-electron chi connectivity index (χ4n) is 1.53. The summed E-state index contributed by atoms with van der Waals surface area (Å²) in [7, 11) is 0. The first-order valence-corrected chi connectivity index (χ1v) is 6.11. The molecule has 0 heterocycles. The van der Waals surface area contributed by atoms with E-state index in [1.807, 2.05) is 31.2 Å². The standard InChI is InChI=1S/C14H13BrO2/c1-10-5-6-14(13(15)7-10)17-9-11-3-2-4-12(16)8-11/h2-8,16H,9H2,1H3. The molecule has 3 heteroatoms. The Hall–Kier alpha value is -1.48. The minimum atomic E-state index is 0.258. The monoisotopic (exact) mass is 292 g/mol. The first-order chi connectivity index (χ1) is 8.15. The van der Waals surface area contributed by atoms with E-state index in [4.69, 9.17) is 4.74 Å². The quantitative estimate of drug-likeness (QED) is 0.925.